The first-order valence-corrected chi connectivity index (χ1v) is 5.48. The van der Waals surface area contributed by atoms with Crippen LogP contribution in [0.25, 0.3) is 0 Å². The van der Waals surface area contributed by atoms with Gasteiger partial charge < -0.3 is 4.52 Å². The molecule has 0 aliphatic rings. The van der Waals surface area contributed by atoms with Gasteiger partial charge in [0.2, 0.25) is 0 Å². The molecule has 100 valence electrons. The van der Waals surface area contributed by atoms with Crippen LogP contribution < -0.4 is 0 Å². The van der Waals surface area contributed by atoms with Crippen molar-refractivity contribution in [3.05, 3.63) is 52.9 Å². The van der Waals surface area contributed by atoms with E-state index in [0.717, 1.165) is 12.1 Å². The topological polar surface area (TPSA) is 43.1 Å². The Kier molecular flexibility index (Phi) is 3.42. The summed E-state index contributed by atoms with van der Waals surface area (Å²) in [6.07, 6.45) is -3.02. The van der Waals surface area contributed by atoms with Crippen LogP contribution in [0.15, 0.2) is 35.0 Å². The van der Waals surface area contributed by atoms with Gasteiger partial charge in [-0.15, -0.1) is 0 Å². The van der Waals surface area contributed by atoms with Crippen molar-refractivity contribution in [2.75, 3.05) is 0 Å². The lowest BCUT2D eigenvalue weighted by Gasteiger charge is -2.08. The average Bonchev–Trinajstić information content (AvgIpc) is 2.76. The molecular formula is C13H10F3NO2. The molecule has 1 aromatic carbocycles. The molecule has 19 heavy (non-hydrogen) atoms. The Morgan fingerprint density at radius 3 is 2.74 bits per heavy atom. The normalized spacial score (nSPS) is 11.6. The van der Waals surface area contributed by atoms with Gasteiger partial charge in [-0.25, -0.2) is 0 Å². The summed E-state index contributed by atoms with van der Waals surface area (Å²) in [7, 11) is 0. The van der Waals surface area contributed by atoms with Crippen LogP contribution in [0.4, 0.5) is 13.2 Å². The minimum atomic E-state index is -4.39. The van der Waals surface area contributed by atoms with Gasteiger partial charge >= 0.3 is 6.18 Å². The number of aromatic nitrogens is 1. The number of benzene rings is 1. The van der Waals surface area contributed by atoms with Crippen molar-refractivity contribution in [1.82, 2.24) is 5.16 Å². The van der Waals surface area contributed by atoms with Crippen molar-refractivity contribution in [2.45, 2.75) is 19.5 Å². The molecule has 6 heteroatoms. The molecule has 3 nitrogen and oxygen atoms in total. The Bertz CT molecular complexity index is 602. The minimum absolute atomic E-state index is 0.0961. The summed E-state index contributed by atoms with van der Waals surface area (Å²) in [5, 5.41) is 3.49. The molecule has 1 aromatic heterocycles. The minimum Gasteiger partial charge on any atom is -0.360 e. The monoisotopic (exact) mass is 269 g/mol. The first-order valence-electron chi connectivity index (χ1n) is 5.48. The van der Waals surface area contributed by atoms with Crippen LogP contribution in [0.3, 0.4) is 0 Å². The number of rotatable bonds is 3. The number of Topliss-reactive ketones (excluding diaryl/α,β-unsaturated/α-hetero) is 1. The van der Waals surface area contributed by atoms with E-state index in [4.69, 9.17) is 4.52 Å². The second-order valence-corrected chi connectivity index (χ2v) is 4.09. The van der Waals surface area contributed by atoms with Crippen molar-refractivity contribution < 1.29 is 22.5 Å². The summed E-state index contributed by atoms with van der Waals surface area (Å²) >= 11 is 0. The van der Waals surface area contributed by atoms with Crippen molar-refractivity contribution in [3.8, 4) is 0 Å². The third kappa shape index (κ3) is 3.01. The lowest BCUT2D eigenvalue weighted by Crippen LogP contribution is -2.05. The quantitative estimate of drug-likeness (QED) is 0.801. The van der Waals surface area contributed by atoms with E-state index < -0.39 is 11.7 Å². The Hall–Kier alpha value is -2.11. The molecule has 1 heterocycles. The van der Waals surface area contributed by atoms with Gasteiger partial charge in [-0.05, 0) is 18.6 Å². The Morgan fingerprint density at radius 2 is 2.11 bits per heavy atom. The molecule has 2 rings (SSSR count). The van der Waals surface area contributed by atoms with Gasteiger partial charge in [-0.3, -0.25) is 4.79 Å². The van der Waals surface area contributed by atoms with Gasteiger partial charge in [0, 0.05) is 6.42 Å². The van der Waals surface area contributed by atoms with Crippen molar-refractivity contribution in [3.63, 3.8) is 0 Å². The fraction of sp³-hybridized carbons (Fsp3) is 0.231. The maximum Gasteiger partial charge on any atom is 0.416 e. The van der Waals surface area contributed by atoms with Crippen LogP contribution in [0.2, 0.25) is 0 Å². The number of ketones is 1. The third-order valence-electron chi connectivity index (χ3n) is 2.64. The van der Waals surface area contributed by atoms with Crippen LogP contribution in [-0.4, -0.2) is 10.9 Å². The first-order chi connectivity index (χ1) is 8.88. The highest BCUT2D eigenvalue weighted by Gasteiger charge is 2.30. The molecule has 0 bridgehead atoms. The van der Waals surface area contributed by atoms with Crippen molar-refractivity contribution >= 4 is 5.78 Å². The van der Waals surface area contributed by atoms with Gasteiger partial charge in [0.1, 0.15) is 0 Å². The zero-order chi connectivity index (χ0) is 14.0. The molecule has 0 fully saturated rings. The predicted octanol–water partition coefficient (Wildman–Crippen LogP) is 3.49. The third-order valence-corrected chi connectivity index (χ3v) is 2.64. The second-order valence-electron chi connectivity index (χ2n) is 4.09. The largest absolute Gasteiger partial charge is 0.416 e. The summed E-state index contributed by atoms with van der Waals surface area (Å²) in [4.78, 5) is 11.3. The molecule has 0 unspecified atom stereocenters. The van der Waals surface area contributed by atoms with Crippen LogP contribution in [-0.2, 0) is 12.6 Å². The molecule has 0 N–H and O–H groups in total. The molecular weight excluding hydrogens is 259 g/mol. The number of hydrogen-bond acceptors (Lipinski definition) is 3. The van der Waals surface area contributed by atoms with Crippen molar-refractivity contribution in [1.29, 1.82) is 0 Å². The number of alkyl halides is 3. The Balaban J connectivity index is 2.29. The van der Waals surface area contributed by atoms with E-state index in [1.54, 1.807) is 6.07 Å². The molecule has 0 aliphatic heterocycles. The van der Waals surface area contributed by atoms with Gasteiger partial charge in [0.15, 0.2) is 11.5 Å². The number of nitrogens with zero attached hydrogens (tertiary/aromatic N) is 1. The summed E-state index contributed by atoms with van der Waals surface area (Å²) in [6, 6.07) is 4.89. The van der Waals surface area contributed by atoms with Gasteiger partial charge in [-0.1, -0.05) is 23.4 Å². The van der Waals surface area contributed by atoms with Crippen LogP contribution in [0.1, 0.15) is 34.2 Å². The van der Waals surface area contributed by atoms with Gasteiger partial charge in [0.05, 0.1) is 17.3 Å². The molecule has 0 saturated heterocycles. The van der Waals surface area contributed by atoms with E-state index in [9.17, 15) is 18.0 Å². The lowest BCUT2D eigenvalue weighted by atomic mass is 10.0. The number of hydrogen-bond donors (Lipinski definition) is 0. The maximum atomic E-state index is 12.6. The smallest absolute Gasteiger partial charge is 0.360 e. The van der Waals surface area contributed by atoms with E-state index in [-0.39, 0.29) is 23.5 Å². The van der Waals surface area contributed by atoms with Gasteiger partial charge in [-0.2, -0.15) is 13.2 Å². The number of carbonyl (C=O) groups is 1. The second kappa shape index (κ2) is 4.87. The number of carbonyl (C=O) groups excluding carboxylic acids is 1. The predicted molar refractivity (Wildman–Crippen MR) is 60.8 cm³/mol. The highest BCUT2D eigenvalue weighted by atomic mass is 19.4. The first kappa shape index (κ1) is 13.3. The molecule has 0 spiro atoms. The fourth-order valence-corrected chi connectivity index (χ4v) is 1.72. The molecule has 0 radical (unpaired) electrons. The highest BCUT2D eigenvalue weighted by Crippen LogP contribution is 2.30. The molecule has 2 aromatic rings. The summed E-state index contributed by atoms with van der Waals surface area (Å²) in [6.45, 7) is 1.35. The highest BCUT2D eigenvalue weighted by molar-refractivity contribution is 5.94. The van der Waals surface area contributed by atoms with Gasteiger partial charge in [0.25, 0.3) is 0 Å². The van der Waals surface area contributed by atoms with E-state index in [1.165, 1.54) is 19.2 Å². The van der Waals surface area contributed by atoms with E-state index in [0.29, 0.717) is 5.56 Å². The summed E-state index contributed by atoms with van der Waals surface area (Å²) in [5.41, 5.74) is -0.0274. The lowest BCUT2D eigenvalue weighted by molar-refractivity contribution is -0.137. The standard InChI is InChI=1S/C13H10F3NO2/c1-8(18)11-7-17-19-12(11)6-9-3-2-4-10(5-9)13(14,15)16/h2-5,7H,6H2,1H3. The van der Waals surface area contributed by atoms with Crippen LogP contribution in [0, 0.1) is 0 Å². The summed E-state index contributed by atoms with van der Waals surface area (Å²) in [5.74, 6) is 0.0371. The van der Waals surface area contributed by atoms with E-state index in [1.807, 2.05) is 0 Å². The molecule has 0 saturated carbocycles. The van der Waals surface area contributed by atoms with Crippen LogP contribution in [0.5, 0.6) is 0 Å². The molecule has 0 atom stereocenters. The fourth-order valence-electron chi connectivity index (χ4n) is 1.72. The Labute approximate surface area is 107 Å². The van der Waals surface area contributed by atoms with E-state index in [2.05, 4.69) is 5.16 Å². The van der Waals surface area contributed by atoms with Crippen molar-refractivity contribution in [2.24, 2.45) is 0 Å². The Morgan fingerprint density at radius 1 is 1.37 bits per heavy atom. The number of halogens is 3. The average molecular weight is 269 g/mol. The maximum absolute atomic E-state index is 12.6. The zero-order valence-electron chi connectivity index (χ0n) is 9.99. The molecule has 0 aliphatic carbocycles. The van der Waals surface area contributed by atoms with Crippen LogP contribution >= 0.6 is 0 Å². The molecule has 0 amide bonds. The summed E-state index contributed by atoms with van der Waals surface area (Å²) < 4.78 is 42.6. The van der Waals surface area contributed by atoms with E-state index >= 15 is 0 Å². The zero-order valence-corrected chi connectivity index (χ0v) is 9.99. The SMILES string of the molecule is CC(=O)c1cnoc1Cc1cccc(C(F)(F)F)c1.